The molecule has 1 amide bonds. The van der Waals surface area contributed by atoms with E-state index in [0.29, 0.717) is 35.5 Å². The van der Waals surface area contributed by atoms with Gasteiger partial charge in [-0.2, -0.15) is 0 Å². The van der Waals surface area contributed by atoms with Crippen molar-refractivity contribution in [3.8, 4) is 11.5 Å². The quantitative estimate of drug-likeness (QED) is 0.788. The van der Waals surface area contributed by atoms with Gasteiger partial charge in [0, 0.05) is 12.5 Å². The first-order valence-electron chi connectivity index (χ1n) is 6.21. The number of nitrogens with one attached hydrogen (secondary N) is 1. The number of hydrogen-bond donors (Lipinski definition) is 1. The minimum absolute atomic E-state index is 0.0560. The lowest BCUT2D eigenvalue weighted by Gasteiger charge is -2.16. The number of carbonyl (C=O) groups excluding carboxylic acids is 1. The van der Waals surface area contributed by atoms with Crippen LogP contribution in [0.4, 0.5) is 5.69 Å². The summed E-state index contributed by atoms with van der Waals surface area (Å²) in [6.07, 6.45) is 0.851. The van der Waals surface area contributed by atoms with Gasteiger partial charge in [-0.25, -0.2) is 0 Å². The topological polar surface area (TPSA) is 50.8 Å². The van der Waals surface area contributed by atoms with E-state index in [4.69, 9.17) is 21.7 Å². The monoisotopic (exact) mass is 278 g/mol. The van der Waals surface area contributed by atoms with Crippen molar-refractivity contribution in [2.45, 2.75) is 19.4 Å². The lowest BCUT2D eigenvalue weighted by atomic mass is 10.2. The van der Waals surface area contributed by atoms with Crippen molar-refractivity contribution >= 4 is 28.9 Å². The smallest absolute Gasteiger partial charge is 0.255 e. The summed E-state index contributed by atoms with van der Waals surface area (Å²) in [6.45, 7) is 3.05. The Morgan fingerprint density at radius 3 is 2.74 bits per heavy atom. The minimum atomic E-state index is -0.288. The van der Waals surface area contributed by atoms with E-state index in [9.17, 15) is 4.79 Å². The lowest BCUT2D eigenvalue weighted by Crippen LogP contribution is -2.30. The summed E-state index contributed by atoms with van der Waals surface area (Å²) in [6, 6.07) is 5.14. The number of nitrogens with zero attached hydrogens (tertiary/aromatic N) is 1. The number of anilines is 1. The van der Waals surface area contributed by atoms with E-state index in [2.05, 4.69) is 5.32 Å². The van der Waals surface area contributed by atoms with E-state index in [1.807, 2.05) is 12.1 Å². The molecule has 0 radical (unpaired) electrons. The average Bonchev–Trinajstić information content (AvgIpc) is 2.59. The number of amides is 1. The Morgan fingerprint density at radius 1 is 1.32 bits per heavy atom. The number of benzene rings is 1. The third-order valence-corrected chi connectivity index (χ3v) is 3.42. The first-order valence-corrected chi connectivity index (χ1v) is 6.62. The molecule has 1 aromatic rings. The van der Waals surface area contributed by atoms with E-state index in [1.54, 1.807) is 13.0 Å². The highest BCUT2D eigenvalue weighted by atomic mass is 32.1. The molecule has 1 fully saturated rings. The molecule has 19 heavy (non-hydrogen) atoms. The molecule has 1 atom stereocenters. The third kappa shape index (κ3) is 2.12. The molecule has 2 heterocycles. The predicted molar refractivity (Wildman–Crippen MR) is 74.7 cm³/mol. The summed E-state index contributed by atoms with van der Waals surface area (Å²) in [4.78, 5) is 13.6. The lowest BCUT2D eigenvalue weighted by molar-refractivity contribution is -0.117. The second-order valence-corrected chi connectivity index (χ2v) is 4.91. The SMILES string of the molecule is C[C@H]1NC(=S)N(c2ccc3c(c2)OCCCO3)C1=O. The molecule has 0 unspecified atom stereocenters. The molecule has 0 spiro atoms. The van der Waals surface area contributed by atoms with Gasteiger partial charge < -0.3 is 14.8 Å². The number of rotatable bonds is 1. The van der Waals surface area contributed by atoms with Crippen molar-refractivity contribution in [1.29, 1.82) is 0 Å². The van der Waals surface area contributed by atoms with Gasteiger partial charge >= 0.3 is 0 Å². The van der Waals surface area contributed by atoms with Gasteiger partial charge in [0.1, 0.15) is 6.04 Å². The zero-order valence-electron chi connectivity index (χ0n) is 10.5. The van der Waals surface area contributed by atoms with Crippen LogP contribution < -0.4 is 19.7 Å². The maximum absolute atomic E-state index is 12.1. The Labute approximate surface area is 116 Å². The van der Waals surface area contributed by atoms with E-state index in [0.717, 1.165) is 6.42 Å². The van der Waals surface area contributed by atoms with Crippen LogP contribution in [0.2, 0.25) is 0 Å². The standard InChI is InChI=1S/C13H14N2O3S/c1-8-12(16)15(13(19)14-8)9-3-4-10-11(7-9)18-6-2-5-17-10/h3-4,7-8H,2,5-6H2,1H3,(H,14,19)/t8-/m1/s1. The van der Waals surface area contributed by atoms with Crippen molar-refractivity contribution in [1.82, 2.24) is 5.32 Å². The Hall–Kier alpha value is -1.82. The molecule has 0 aliphatic carbocycles. The molecule has 0 bridgehead atoms. The van der Waals surface area contributed by atoms with Gasteiger partial charge in [-0.05, 0) is 31.3 Å². The highest BCUT2D eigenvalue weighted by Crippen LogP contribution is 2.34. The highest BCUT2D eigenvalue weighted by Gasteiger charge is 2.33. The van der Waals surface area contributed by atoms with E-state index in [1.165, 1.54) is 4.90 Å². The molecule has 6 heteroatoms. The van der Waals surface area contributed by atoms with Gasteiger partial charge in [-0.3, -0.25) is 9.69 Å². The molecule has 1 N–H and O–H groups in total. The van der Waals surface area contributed by atoms with Crippen molar-refractivity contribution in [3.63, 3.8) is 0 Å². The summed E-state index contributed by atoms with van der Waals surface area (Å²) >= 11 is 5.18. The summed E-state index contributed by atoms with van der Waals surface area (Å²) in [5.74, 6) is 1.31. The van der Waals surface area contributed by atoms with Crippen LogP contribution in [-0.4, -0.2) is 30.3 Å². The van der Waals surface area contributed by atoms with Crippen LogP contribution in [0.1, 0.15) is 13.3 Å². The molecular formula is C13H14N2O3S. The van der Waals surface area contributed by atoms with Gasteiger partial charge in [0.15, 0.2) is 16.6 Å². The zero-order valence-corrected chi connectivity index (χ0v) is 11.3. The minimum Gasteiger partial charge on any atom is -0.490 e. The molecule has 0 aromatic heterocycles. The fraction of sp³-hybridized carbons (Fsp3) is 0.385. The van der Waals surface area contributed by atoms with E-state index < -0.39 is 0 Å². The van der Waals surface area contributed by atoms with Crippen LogP contribution in [0.25, 0.3) is 0 Å². The number of hydrogen-bond acceptors (Lipinski definition) is 4. The normalized spacial score (nSPS) is 22.2. The second-order valence-electron chi connectivity index (χ2n) is 4.53. The Kier molecular flexibility index (Phi) is 3.02. The van der Waals surface area contributed by atoms with Gasteiger partial charge in [0.2, 0.25) is 0 Å². The molecule has 0 saturated carbocycles. The van der Waals surface area contributed by atoms with Crippen molar-refractivity contribution < 1.29 is 14.3 Å². The van der Waals surface area contributed by atoms with Gasteiger partial charge in [-0.1, -0.05) is 0 Å². The molecule has 3 rings (SSSR count). The summed E-state index contributed by atoms with van der Waals surface area (Å²) in [7, 11) is 0. The first kappa shape index (κ1) is 12.2. The number of fused-ring (bicyclic) bond motifs is 1. The molecule has 1 saturated heterocycles. The number of carbonyl (C=O) groups is 1. The number of thiocarbonyl (C=S) groups is 1. The Balaban J connectivity index is 1.96. The van der Waals surface area contributed by atoms with Crippen LogP contribution >= 0.6 is 12.2 Å². The summed E-state index contributed by atoms with van der Waals surface area (Å²) in [5.41, 5.74) is 0.705. The van der Waals surface area contributed by atoms with Crippen LogP contribution in [-0.2, 0) is 4.79 Å². The highest BCUT2D eigenvalue weighted by molar-refractivity contribution is 7.80. The third-order valence-electron chi connectivity index (χ3n) is 3.12. The largest absolute Gasteiger partial charge is 0.490 e. The fourth-order valence-electron chi connectivity index (χ4n) is 2.14. The van der Waals surface area contributed by atoms with Crippen LogP contribution in [0, 0.1) is 0 Å². The maximum Gasteiger partial charge on any atom is 0.255 e. The van der Waals surface area contributed by atoms with Gasteiger partial charge in [0.25, 0.3) is 5.91 Å². The maximum atomic E-state index is 12.1. The summed E-state index contributed by atoms with van der Waals surface area (Å²) < 4.78 is 11.2. The Bertz CT molecular complexity index is 547. The second kappa shape index (κ2) is 4.70. The van der Waals surface area contributed by atoms with E-state index in [-0.39, 0.29) is 11.9 Å². The molecular weight excluding hydrogens is 264 g/mol. The van der Waals surface area contributed by atoms with Gasteiger partial charge in [0.05, 0.1) is 18.9 Å². The predicted octanol–water partition coefficient (Wildman–Crippen LogP) is 1.46. The molecule has 2 aliphatic heterocycles. The first-order chi connectivity index (χ1) is 9.16. The zero-order chi connectivity index (χ0) is 13.4. The number of ether oxygens (including phenoxy) is 2. The van der Waals surface area contributed by atoms with E-state index >= 15 is 0 Å². The molecule has 1 aromatic carbocycles. The Morgan fingerprint density at radius 2 is 2.05 bits per heavy atom. The average molecular weight is 278 g/mol. The van der Waals surface area contributed by atoms with Gasteiger partial charge in [-0.15, -0.1) is 0 Å². The molecule has 100 valence electrons. The van der Waals surface area contributed by atoms with Crippen molar-refractivity contribution in [3.05, 3.63) is 18.2 Å². The van der Waals surface area contributed by atoms with Crippen LogP contribution in [0.3, 0.4) is 0 Å². The van der Waals surface area contributed by atoms with Crippen molar-refractivity contribution in [2.75, 3.05) is 18.1 Å². The van der Waals surface area contributed by atoms with Crippen molar-refractivity contribution in [2.24, 2.45) is 0 Å². The van der Waals surface area contributed by atoms with Crippen LogP contribution in [0.15, 0.2) is 18.2 Å². The van der Waals surface area contributed by atoms with Crippen LogP contribution in [0.5, 0.6) is 11.5 Å². The fourth-order valence-corrected chi connectivity index (χ4v) is 2.51. The molecule has 5 nitrogen and oxygen atoms in total. The molecule has 2 aliphatic rings. The summed E-state index contributed by atoms with van der Waals surface area (Å²) in [5, 5.41) is 3.37.